The van der Waals surface area contributed by atoms with Crippen LogP contribution in [0.15, 0.2) is 22.2 Å². The molecule has 0 radical (unpaired) electrons. The highest BCUT2D eigenvalue weighted by atomic mass is 19.4. The van der Waals surface area contributed by atoms with E-state index in [1.807, 2.05) is 20.8 Å². The number of aliphatic imine (C=N–C) groups is 1. The molecule has 2 aliphatic heterocycles. The van der Waals surface area contributed by atoms with Crippen molar-refractivity contribution in [3.8, 4) is 0 Å². The van der Waals surface area contributed by atoms with Crippen molar-refractivity contribution in [2.75, 3.05) is 33.2 Å². The first-order valence-electron chi connectivity index (χ1n) is 9.13. The quantitative estimate of drug-likeness (QED) is 0.689. The minimum atomic E-state index is -4.38. The summed E-state index contributed by atoms with van der Waals surface area (Å²) in [6.45, 7) is 10.8. The van der Waals surface area contributed by atoms with Crippen LogP contribution in [0.1, 0.15) is 43.5 Å². The molecule has 2 aliphatic rings. The molecule has 8 heteroatoms. The molecule has 0 bridgehead atoms. The Hall–Kier alpha value is -2.09. The van der Waals surface area contributed by atoms with Gasteiger partial charge in [-0.1, -0.05) is 0 Å². The smallest absolute Gasteiger partial charge is 0.338 e. The highest BCUT2D eigenvalue weighted by molar-refractivity contribution is 5.89. The highest BCUT2D eigenvalue weighted by Crippen LogP contribution is 2.42. The minimum Gasteiger partial charge on any atom is -0.338 e. The average molecular weight is 381 g/mol. The lowest BCUT2D eigenvalue weighted by molar-refractivity contribution is -0.137. The fraction of sp³-hybridized carbons (Fsp3) is 0.579. The summed E-state index contributed by atoms with van der Waals surface area (Å²) < 4.78 is 39.9. The fourth-order valence-corrected chi connectivity index (χ4v) is 3.47. The number of piperazine rings is 1. The van der Waals surface area contributed by atoms with E-state index in [4.69, 9.17) is 4.99 Å². The Bertz CT molecular complexity index is 772. The van der Waals surface area contributed by atoms with Gasteiger partial charge in [0.1, 0.15) is 0 Å². The first kappa shape index (κ1) is 19.7. The van der Waals surface area contributed by atoms with Crippen molar-refractivity contribution in [1.29, 1.82) is 0 Å². The Labute approximate surface area is 158 Å². The van der Waals surface area contributed by atoms with Gasteiger partial charge in [-0.3, -0.25) is 0 Å². The largest absolute Gasteiger partial charge is 0.416 e. The Morgan fingerprint density at radius 1 is 1.15 bits per heavy atom. The molecule has 1 aromatic rings. The van der Waals surface area contributed by atoms with Crippen LogP contribution in [0.5, 0.6) is 0 Å². The first-order chi connectivity index (χ1) is 12.6. The second-order valence-corrected chi connectivity index (χ2v) is 7.50. The molecule has 3 rings (SSSR count). The molecule has 0 spiro atoms. The van der Waals surface area contributed by atoms with Crippen LogP contribution >= 0.6 is 0 Å². The van der Waals surface area contributed by atoms with Crippen molar-refractivity contribution >= 4 is 17.4 Å². The molecule has 0 aliphatic carbocycles. The number of benzene rings is 1. The van der Waals surface area contributed by atoms with Crippen LogP contribution in [-0.2, 0) is 6.18 Å². The van der Waals surface area contributed by atoms with Crippen LogP contribution in [0, 0.1) is 6.92 Å². The standard InChI is InChI=1S/C19H26F3N5/c1-12(2)24-27-14(4)16-11-15(19(20,21)22)10-13(3)17(16)23-18(27)26-8-6-25(5)7-9-26/h10-11,14H,6-9H2,1-5H3. The Morgan fingerprint density at radius 3 is 2.33 bits per heavy atom. The third-order valence-electron chi connectivity index (χ3n) is 4.98. The van der Waals surface area contributed by atoms with Crippen LogP contribution in [0.3, 0.4) is 0 Å². The van der Waals surface area contributed by atoms with Gasteiger partial charge in [-0.25, -0.2) is 10.0 Å². The molecule has 1 saturated heterocycles. The first-order valence-corrected chi connectivity index (χ1v) is 9.13. The maximum absolute atomic E-state index is 13.3. The van der Waals surface area contributed by atoms with Gasteiger partial charge in [0.2, 0.25) is 5.96 Å². The number of hydrogen-bond acceptors (Lipinski definition) is 5. The molecule has 1 fully saturated rings. The molecular formula is C19H26F3N5. The molecule has 5 nitrogen and oxygen atoms in total. The van der Waals surface area contributed by atoms with Crippen molar-refractivity contribution in [1.82, 2.24) is 14.8 Å². The number of hydrogen-bond donors (Lipinski definition) is 0. The van der Waals surface area contributed by atoms with E-state index in [2.05, 4.69) is 21.9 Å². The monoisotopic (exact) mass is 381 g/mol. The van der Waals surface area contributed by atoms with Gasteiger partial charge < -0.3 is 9.80 Å². The van der Waals surface area contributed by atoms with E-state index in [1.54, 1.807) is 11.9 Å². The molecule has 27 heavy (non-hydrogen) atoms. The summed E-state index contributed by atoms with van der Waals surface area (Å²) in [6.07, 6.45) is -4.38. The zero-order valence-corrected chi connectivity index (χ0v) is 16.4. The molecule has 0 saturated carbocycles. The lowest BCUT2D eigenvalue weighted by atomic mass is 9.97. The number of hydrazone groups is 1. The van der Waals surface area contributed by atoms with Gasteiger partial charge in [0.25, 0.3) is 0 Å². The van der Waals surface area contributed by atoms with Crippen LogP contribution in [0.2, 0.25) is 0 Å². The molecule has 0 aromatic heterocycles. The number of halogens is 3. The van der Waals surface area contributed by atoms with Crippen LogP contribution in [0.25, 0.3) is 0 Å². The number of fused-ring (bicyclic) bond motifs is 1. The van der Waals surface area contributed by atoms with E-state index in [0.29, 0.717) is 22.8 Å². The summed E-state index contributed by atoms with van der Waals surface area (Å²) >= 11 is 0. The van der Waals surface area contributed by atoms with Crippen molar-refractivity contribution in [2.45, 2.75) is 39.9 Å². The maximum atomic E-state index is 13.3. The van der Waals surface area contributed by atoms with Crippen LogP contribution in [-0.4, -0.2) is 59.7 Å². The maximum Gasteiger partial charge on any atom is 0.416 e. The van der Waals surface area contributed by atoms with Gasteiger partial charge in [0.15, 0.2) is 0 Å². The lowest BCUT2D eigenvalue weighted by Gasteiger charge is -2.41. The normalized spacial score (nSPS) is 21.0. The molecule has 2 heterocycles. The van der Waals surface area contributed by atoms with Crippen LogP contribution < -0.4 is 0 Å². The van der Waals surface area contributed by atoms with E-state index in [1.165, 1.54) is 12.1 Å². The van der Waals surface area contributed by atoms with E-state index < -0.39 is 11.7 Å². The van der Waals surface area contributed by atoms with Gasteiger partial charge >= 0.3 is 6.18 Å². The van der Waals surface area contributed by atoms with Gasteiger partial charge in [0, 0.05) is 37.5 Å². The number of guanidine groups is 1. The van der Waals surface area contributed by atoms with E-state index >= 15 is 0 Å². The third-order valence-corrected chi connectivity index (χ3v) is 4.98. The number of aryl methyl sites for hydroxylation is 1. The topological polar surface area (TPSA) is 34.4 Å². The molecular weight excluding hydrogens is 355 g/mol. The zero-order valence-electron chi connectivity index (χ0n) is 16.4. The Morgan fingerprint density at radius 2 is 1.78 bits per heavy atom. The van der Waals surface area contributed by atoms with E-state index in [0.717, 1.165) is 31.9 Å². The number of rotatable bonds is 1. The van der Waals surface area contributed by atoms with Crippen molar-refractivity contribution in [3.05, 3.63) is 28.8 Å². The zero-order chi connectivity index (χ0) is 19.9. The minimum absolute atomic E-state index is 0.331. The SMILES string of the molecule is CC(C)=NN1C(N2CCN(C)CC2)=Nc2c(C)cc(C(F)(F)F)cc2C1C. The molecule has 0 N–H and O–H groups in total. The van der Waals surface area contributed by atoms with Crippen molar-refractivity contribution in [2.24, 2.45) is 10.1 Å². The molecule has 1 unspecified atom stereocenters. The van der Waals surface area contributed by atoms with Gasteiger partial charge in [-0.2, -0.15) is 18.3 Å². The summed E-state index contributed by atoms with van der Waals surface area (Å²) in [5, 5.41) is 6.36. The van der Waals surface area contributed by atoms with Gasteiger partial charge in [-0.05, 0) is 52.4 Å². The number of nitrogens with zero attached hydrogens (tertiary/aromatic N) is 5. The summed E-state index contributed by atoms with van der Waals surface area (Å²) in [4.78, 5) is 9.19. The summed E-state index contributed by atoms with van der Waals surface area (Å²) in [6, 6.07) is 2.06. The van der Waals surface area contributed by atoms with Gasteiger partial charge in [-0.15, -0.1) is 0 Å². The fourth-order valence-electron chi connectivity index (χ4n) is 3.47. The Kier molecular flexibility index (Phi) is 5.20. The number of likely N-dealkylation sites (N-methyl/N-ethyl adjacent to an activating group) is 1. The Balaban J connectivity index is 2.11. The number of alkyl halides is 3. The molecule has 1 atom stereocenters. The van der Waals surface area contributed by atoms with E-state index in [-0.39, 0.29) is 6.04 Å². The highest BCUT2D eigenvalue weighted by Gasteiger charge is 2.36. The third kappa shape index (κ3) is 3.95. The van der Waals surface area contributed by atoms with Gasteiger partial charge in [0.05, 0.1) is 17.3 Å². The second-order valence-electron chi connectivity index (χ2n) is 7.50. The molecule has 0 amide bonds. The predicted molar refractivity (Wildman–Crippen MR) is 101 cm³/mol. The van der Waals surface area contributed by atoms with Crippen LogP contribution in [0.4, 0.5) is 18.9 Å². The lowest BCUT2D eigenvalue weighted by Crippen LogP contribution is -2.52. The second kappa shape index (κ2) is 7.14. The van der Waals surface area contributed by atoms with E-state index in [9.17, 15) is 13.2 Å². The summed E-state index contributed by atoms with van der Waals surface area (Å²) in [7, 11) is 2.08. The summed E-state index contributed by atoms with van der Waals surface area (Å²) in [5.74, 6) is 0.715. The van der Waals surface area contributed by atoms with Crippen molar-refractivity contribution < 1.29 is 13.2 Å². The average Bonchev–Trinajstić information content (AvgIpc) is 2.57. The van der Waals surface area contributed by atoms with Crippen molar-refractivity contribution in [3.63, 3.8) is 0 Å². The molecule has 148 valence electrons. The molecule has 1 aromatic carbocycles. The summed E-state index contributed by atoms with van der Waals surface area (Å²) in [5.41, 5.74) is 1.92. The predicted octanol–water partition coefficient (Wildman–Crippen LogP) is 4.02.